The summed E-state index contributed by atoms with van der Waals surface area (Å²) in [5.74, 6) is -2.00. The molecule has 0 saturated heterocycles. The van der Waals surface area contributed by atoms with E-state index in [1.807, 2.05) is 0 Å². The Labute approximate surface area is 182 Å². The van der Waals surface area contributed by atoms with E-state index in [4.69, 9.17) is 9.47 Å². The standard InChI is InChI=1S/C21H31N3O7/c1-9-13-11-14(23-16(25)17(26)29-10-2)12-22-15(13)24(18(27)30-20(3,4)5)19(28)31-21(6,7)8/h11-12H,9-10H2,1-8H3,(H,23,25). The number of anilines is 2. The summed E-state index contributed by atoms with van der Waals surface area (Å²) in [7, 11) is 0. The first kappa shape index (κ1) is 25.9. The topological polar surface area (TPSA) is 124 Å². The molecule has 10 heteroatoms. The van der Waals surface area contributed by atoms with E-state index in [2.05, 4.69) is 15.0 Å². The molecule has 0 bridgehead atoms. The maximum absolute atomic E-state index is 12.8. The number of nitrogens with zero attached hydrogens (tertiary/aromatic N) is 2. The zero-order valence-corrected chi connectivity index (χ0v) is 19.3. The van der Waals surface area contributed by atoms with Gasteiger partial charge in [0.2, 0.25) is 0 Å². The summed E-state index contributed by atoms with van der Waals surface area (Å²) >= 11 is 0. The molecule has 31 heavy (non-hydrogen) atoms. The number of amides is 3. The highest BCUT2D eigenvalue weighted by Gasteiger charge is 2.35. The Morgan fingerprint density at radius 3 is 1.90 bits per heavy atom. The highest BCUT2D eigenvalue weighted by molar-refractivity contribution is 6.37. The van der Waals surface area contributed by atoms with Crippen LogP contribution in [0.25, 0.3) is 0 Å². The summed E-state index contributed by atoms with van der Waals surface area (Å²) < 4.78 is 15.4. The van der Waals surface area contributed by atoms with Gasteiger partial charge >= 0.3 is 24.1 Å². The molecule has 0 fully saturated rings. The summed E-state index contributed by atoms with van der Waals surface area (Å²) in [5, 5.41) is 2.38. The van der Waals surface area contributed by atoms with E-state index in [1.165, 1.54) is 12.3 Å². The molecule has 0 spiro atoms. The molecule has 0 radical (unpaired) electrons. The van der Waals surface area contributed by atoms with Crippen molar-refractivity contribution in [1.29, 1.82) is 0 Å². The lowest BCUT2D eigenvalue weighted by atomic mass is 10.1. The van der Waals surface area contributed by atoms with Gasteiger partial charge in [0.1, 0.15) is 11.2 Å². The van der Waals surface area contributed by atoms with Gasteiger partial charge in [-0.15, -0.1) is 0 Å². The first-order chi connectivity index (χ1) is 14.2. The number of pyridine rings is 1. The number of carbonyl (C=O) groups excluding carboxylic acids is 4. The summed E-state index contributed by atoms with van der Waals surface area (Å²) in [5.41, 5.74) is -1.08. The molecular formula is C21H31N3O7. The van der Waals surface area contributed by atoms with Crippen LogP contribution in [0.1, 0.15) is 61.0 Å². The largest absolute Gasteiger partial charge is 0.459 e. The molecule has 0 aliphatic carbocycles. The minimum Gasteiger partial charge on any atom is -0.459 e. The van der Waals surface area contributed by atoms with Crippen LogP contribution in [0.3, 0.4) is 0 Å². The Kier molecular flexibility index (Phi) is 8.54. The van der Waals surface area contributed by atoms with Crippen LogP contribution in [0.15, 0.2) is 12.3 Å². The van der Waals surface area contributed by atoms with Gasteiger partial charge in [-0.2, -0.15) is 4.90 Å². The highest BCUT2D eigenvalue weighted by atomic mass is 16.6. The number of rotatable bonds is 4. The predicted molar refractivity (Wildman–Crippen MR) is 114 cm³/mol. The molecule has 0 aliphatic heterocycles. The van der Waals surface area contributed by atoms with E-state index < -0.39 is 35.3 Å². The van der Waals surface area contributed by atoms with Gasteiger partial charge in [0.15, 0.2) is 5.82 Å². The van der Waals surface area contributed by atoms with Gasteiger partial charge in [-0.05, 0) is 66.5 Å². The minimum atomic E-state index is -1.03. The Morgan fingerprint density at radius 2 is 1.48 bits per heavy atom. The van der Waals surface area contributed by atoms with Crippen LogP contribution >= 0.6 is 0 Å². The third kappa shape index (κ3) is 8.23. The van der Waals surface area contributed by atoms with Gasteiger partial charge < -0.3 is 19.5 Å². The maximum Gasteiger partial charge on any atom is 0.425 e. The molecule has 0 saturated carbocycles. The van der Waals surface area contributed by atoms with Gasteiger partial charge in [0.05, 0.1) is 18.5 Å². The molecule has 0 aromatic carbocycles. The highest BCUT2D eigenvalue weighted by Crippen LogP contribution is 2.26. The second kappa shape index (κ2) is 10.2. The summed E-state index contributed by atoms with van der Waals surface area (Å²) in [4.78, 5) is 53.9. The average molecular weight is 437 g/mol. The van der Waals surface area contributed by atoms with Crippen LogP contribution in [0, 0.1) is 0 Å². The summed E-state index contributed by atoms with van der Waals surface area (Å²) in [6.07, 6.45) is -0.333. The smallest absolute Gasteiger partial charge is 0.425 e. The number of hydrogen-bond acceptors (Lipinski definition) is 8. The van der Waals surface area contributed by atoms with Crippen molar-refractivity contribution in [3.05, 3.63) is 17.8 Å². The first-order valence-electron chi connectivity index (χ1n) is 9.91. The number of aromatic nitrogens is 1. The van der Waals surface area contributed by atoms with Gasteiger partial charge in [0.25, 0.3) is 0 Å². The van der Waals surface area contributed by atoms with Gasteiger partial charge in [0, 0.05) is 0 Å². The lowest BCUT2D eigenvalue weighted by molar-refractivity contribution is -0.152. The van der Waals surface area contributed by atoms with E-state index in [0.29, 0.717) is 16.9 Å². The fraction of sp³-hybridized carbons (Fsp3) is 0.571. The van der Waals surface area contributed by atoms with E-state index in [1.54, 1.807) is 55.4 Å². The molecule has 10 nitrogen and oxygen atoms in total. The van der Waals surface area contributed by atoms with Crippen molar-refractivity contribution in [2.45, 2.75) is 73.0 Å². The van der Waals surface area contributed by atoms with E-state index in [0.717, 1.165) is 0 Å². The SMILES string of the molecule is CCOC(=O)C(=O)Nc1cnc(N(C(=O)OC(C)(C)C)C(=O)OC(C)(C)C)c(CC)c1. The summed E-state index contributed by atoms with van der Waals surface area (Å²) in [6.45, 7) is 13.4. The van der Waals surface area contributed by atoms with E-state index >= 15 is 0 Å². The number of ether oxygens (including phenoxy) is 3. The van der Waals surface area contributed by atoms with Crippen LogP contribution in [0.2, 0.25) is 0 Å². The van der Waals surface area contributed by atoms with Crippen molar-refractivity contribution < 1.29 is 33.4 Å². The van der Waals surface area contributed by atoms with Crippen molar-refractivity contribution in [1.82, 2.24) is 4.98 Å². The van der Waals surface area contributed by atoms with Gasteiger partial charge in [-0.3, -0.25) is 4.79 Å². The van der Waals surface area contributed by atoms with Crippen molar-refractivity contribution in [2.75, 3.05) is 16.8 Å². The zero-order chi connectivity index (χ0) is 24.0. The zero-order valence-electron chi connectivity index (χ0n) is 19.3. The molecular weight excluding hydrogens is 406 g/mol. The van der Waals surface area contributed by atoms with Crippen LogP contribution in [0.5, 0.6) is 0 Å². The molecule has 0 atom stereocenters. The second-order valence-corrected chi connectivity index (χ2v) is 8.53. The monoisotopic (exact) mass is 437 g/mol. The third-order valence-electron chi connectivity index (χ3n) is 3.41. The molecule has 1 heterocycles. The summed E-state index contributed by atoms with van der Waals surface area (Å²) in [6, 6.07) is 1.50. The molecule has 1 N–H and O–H groups in total. The molecule has 0 unspecified atom stereocenters. The molecule has 0 aliphatic rings. The Bertz CT molecular complexity index is 810. The molecule has 1 aromatic heterocycles. The lowest BCUT2D eigenvalue weighted by Gasteiger charge is -2.29. The number of imide groups is 1. The van der Waals surface area contributed by atoms with Gasteiger partial charge in [-0.25, -0.2) is 19.4 Å². The number of nitrogens with one attached hydrogen (secondary N) is 1. The molecule has 1 aromatic rings. The molecule has 3 amide bonds. The molecule has 1 rings (SSSR count). The van der Waals surface area contributed by atoms with Crippen molar-refractivity contribution in [3.8, 4) is 0 Å². The Morgan fingerprint density at radius 1 is 0.968 bits per heavy atom. The van der Waals surface area contributed by atoms with Crippen LogP contribution in [0.4, 0.5) is 21.1 Å². The van der Waals surface area contributed by atoms with Crippen molar-refractivity contribution in [2.24, 2.45) is 0 Å². The number of aryl methyl sites for hydroxylation is 1. The Hall–Kier alpha value is -3.17. The second-order valence-electron chi connectivity index (χ2n) is 8.53. The molecule has 172 valence electrons. The van der Waals surface area contributed by atoms with Crippen LogP contribution in [-0.2, 0) is 30.2 Å². The number of carbonyl (C=O) groups is 4. The van der Waals surface area contributed by atoms with Crippen LogP contribution < -0.4 is 10.2 Å². The fourth-order valence-corrected chi connectivity index (χ4v) is 2.27. The van der Waals surface area contributed by atoms with Crippen molar-refractivity contribution in [3.63, 3.8) is 0 Å². The predicted octanol–water partition coefficient (Wildman–Crippen LogP) is 3.82. The van der Waals surface area contributed by atoms with Crippen LogP contribution in [-0.4, -0.2) is 46.9 Å². The quantitative estimate of drug-likeness (QED) is 0.428. The first-order valence-corrected chi connectivity index (χ1v) is 9.91. The Balaban J connectivity index is 3.33. The number of esters is 1. The average Bonchev–Trinajstić information content (AvgIpc) is 2.59. The van der Waals surface area contributed by atoms with E-state index in [9.17, 15) is 19.2 Å². The normalized spacial score (nSPS) is 11.4. The maximum atomic E-state index is 12.8. The van der Waals surface area contributed by atoms with Crippen molar-refractivity contribution >= 4 is 35.6 Å². The third-order valence-corrected chi connectivity index (χ3v) is 3.41. The number of hydrogen-bond donors (Lipinski definition) is 1. The van der Waals surface area contributed by atoms with E-state index in [-0.39, 0.29) is 18.1 Å². The fourth-order valence-electron chi connectivity index (χ4n) is 2.27. The minimum absolute atomic E-state index is 0.000124. The lowest BCUT2D eigenvalue weighted by Crippen LogP contribution is -2.44. The van der Waals surface area contributed by atoms with Gasteiger partial charge in [-0.1, -0.05) is 6.92 Å².